The van der Waals surface area contributed by atoms with Gasteiger partial charge in [0.15, 0.2) is 0 Å². The molecule has 0 spiro atoms. The highest BCUT2D eigenvalue weighted by Gasteiger charge is 2.22. The highest BCUT2D eigenvalue weighted by atomic mass is 16.3. The Kier molecular flexibility index (Phi) is 4.47. The summed E-state index contributed by atoms with van der Waals surface area (Å²) < 4.78 is 0. The molecule has 0 saturated heterocycles. The first kappa shape index (κ1) is 16.0. The van der Waals surface area contributed by atoms with Crippen LogP contribution in [0.5, 0.6) is 5.75 Å². The zero-order valence-corrected chi connectivity index (χ0v) is 13.7. The standard InChI is InChI=1S/C20H20N2O2/c1-13(2)20(24)22-17(14-7-4-3-5-8-14)16-11-10-15-9-6-12-21-18(15)19(16)23/h3-13,17,23H,1-2H3,(H,22,24)/t17-/m1/s1. The predicted octanol–water partition coefficient (Wildman–Crippen LogP) is 3.80. The fourth-order valence-corrected chi connectivity index (χ4v) is 2.67. The third kappa shape index (κ3) is 3.08. The molecule has 1 aromatic heterocycles. The van der Waals surface area contributed by atoms with E-state index in [9.17, 15) is 9.90 Å². The van der Waals surface area contributed by atoms with Gasteiger partial charge >= 0.3 is 0 Å². The SMILES string of the molecule is CC(C)C(=O)N[C@H](c1ccccc1)c1ccc2cccnc2c1O. The summed E-state index contributed by atoms with van der Waals surface area (Å²) in [6, 6.07) is 16.7. The summed E-state index contributed by atoms with van der Waals surface area (Å²) in [7, 11) is 0. The molecule has 0 aliphatic carbocycles. The number of phenols is 1. The molecule has 0 aliphatic rings. The number of amides is 1. The molecule has 1 atom stereocenters. The Hall–Kier alpha value is -2.88. The van der Waals surface area contributed by atoms with Crippen molar-refractivity contribution in [1.82, 2.24) is 10.3 Å². The Labute approximate surface area is 141 Å². The van der Waals surface area contributed by atoms with E-state index in [0.717, 1.165) is 10.9 Å². The summed E-state index contributed by atoms with van der Waals surface area (Å²) in [6.45, 7) is 3.69. The van der Waals surface area contributed by atoms with Gasteiger partial charge < -0.3 is 10.4 Å². The van der Waals surface area contributed by atoms with Gasteiger partial charge in [-0.15, -0.1) is 0 Å². The number of hydrogen-bond acceptors (Lipinski definition) is 3. The fraction of sp³-hybridized carbons (Fsp3) is 0.200. The molecule has 2 aromatic carbocycles. The highest BCUT2D eigenvalue weighted by Crippen LogP contribution is 2.34. The molecule has 122 valence electrons. The summed E-state index contributed by atoms with van der Waals surface area (Å²) in [6.07, 6.45) is 1.65. The van der Waals surface area contributed by atoms with Crippen molar-refractivity contribution in [3.63, 3.8) is 0 Å². The molecule has 0 fully saturated rings. The molecule has 2 N–H and O–H groups in total. The minimum atomic E-state index is -0.424. The maximum absolute atomic E-state index is 12.3. The number of carbonyl (C=O) groups is 1. The topological polar surface area (TPSA) is 62.2 Å². The Bertz CT molecular complexity index is 860. The average Bonchev–Trinajstić information content (AvgIpc) is 2.61. The third-order valence-corrected chi connectivity index (χ3v) is 4.03. The van der Waals surface area contributed by atoms with Gasteiger partial charge in [0.05, 0.1) is 6.04 Å². The van der Waals surface area contributed by atoms with Gasteiger partial charge in [0.25, 0.3) is 0 Å². The van der Waals surface area contributed by atoms with Crippen LogP contribution in [0.2, 0.25) is 0 Å². The van der Waals surface area contributed by atoms with Gasteiger partial charge in [-0.1, -0.05) is 62.4 Å². The Morgan fingerprint density at radius 2 is 1.79 bits per heavy atom. The second kappa shape index (κ2) is 6.71. The lowest BCUT2D eigenvalue weighted by molar-refractivity contribution is -0.124. The molecular formula is C20H20N2O2. The van der Waals surface area contributed by atoms with E-state index in [-0.39, 0.29) is 17.6 Å². The Morgan fingerprint density at radius 3 is 2.50 bits per heavy atom. The van der Waals surface area contributed by atoms with E-state index >= 15 is 0 Å². The molecular weight excluding hydrogens is 300 g/mol. The van der Waals surface area contributed by atoms with Crippen LogP contribution in [-0.2, 0) is 4.79 Å². The molecule has 3 aromatic rings. The van der Waals surface area contributed by atoms with Gasteiger partial charge in [-0.05, 0) is 11.6 Å². The van der Waals surface area contributed by atoms with Crippen molar-refractivity contribution >= 4 is 16.8 Å². The molecule has 0 radical (unpaired) electrons. The number of aromatic nitrogens is 1. The number of benzene rings is 2. The fourth-order valence-electron chi connectivity index (χ4n) is 2.67. The number of nitrogens with one attached hydrogen (secondary N) is 1. The number of pyridine rings is 1. The molecule has 0 aliphatic heterocycles. The van der Waals surface area contributed by atoms with Crippen molar-refractivity contribution in [2.45, 2.75) is 19.9 Å². The Balaban J connectivity index is 2.12. The van der Waals surface area contributed by atoms with E-state index in [0.29, 0.717) is 11.1 Å². The van der Waals surface area contributed by atoms with Crippen molar-refractivity contribution in [1.29, 1.82) is 0 Å². The molecule has 4 heteroatoms. The zero-order chi connectivity index (χ0) is 17.1. The van der Waals surface area contributed by atoms with E-state index in [4.69, 9.17) is 0 Å². The van der Waals surface area contributed by atoms with Crippen LogP contribution in [0.25, 0.3) is 10.9 Å². The molecule has 0 unspecified atom stereocenters. The first-order valence-corrected chi connectivity index (χ1v) is 8.00. The minimum Gasteiger partial charge on any atom is -0.505 e. The van der Waals surface area contributed by atoms with Gasteiger partial charge in [0.2, 0.25) is 5.91 Å². The van der Waals surface area contributed by atoms with Crippen LogP contribution in [0, 0.1) is 5.92 Å². The van der Waals surface area contributed by atoms with Crippen LogP contribution in [0.4, 0.5) is 0 Å². The van der Waals surface area contributed by atoms with Crippen LogP contribution in [0.3, 0.4) is 0 Å². The molecule has 0 saturated carbocycles. The number of aromatic hydroxyl groups is 1. The Morgan fingerprint density at radius 1 is 1.04 bits per heavy atom. The maximum atomic E-state index is 12.3. The highest BCUT2D eigenvalue weighted by molar-refractivity contribution is 5.86. The van der Waals surface area contributed by atoms with Crippen LogP contribution in [0.15, 0.2) is 60.8 Å². The molecule has 24 heavy (non-hydrogen) atoms. The monoisotopic (exact) mass is 320 g/mol. The number of carbonyl (C=O) groups excluding carboxylic acids is 1. The lowest BCUT2D eigenvalue weighted by atomic mass is 9.95. The summed E-state index contributed by atoms with van der Waals surface area (Å²) in [4.78, 5) is 16.5. The molecule has 3 rings (SSSR count). The van der Waals surface area contributed by atoms with Crippen molar-refractivity contribution in [2.75, 3.05) is 0 Å². The summed E-state index contributed by atoms with van der Waals surface area (Å²) in [5.41, 5.74) is 2.09. The van der Waals surface area contributed by atoms with Crippen molar-refractivity contribution < 1.29 is 9.90 Å². The molecule has 4 nitrogen and oxygen atoms in total. The predicted molar refractivity (Wildman–Crippen MR) is 94.7 cm³/mol. The van der Waals surface area contributed by atoms with Crippen molar-refractivity contribution in [2.24, 2.45) is 5.92 Å². The second-order valence-electron chi connectivity index (χ2n) is 6.09. The number of hydrogen-bond donors (Lipinski definition) is 2. The van der Waals surface area contributed by atoms with Gasteiger partial charge in [-0.3, -0.25) is 9.78 Å². The zero-order valence-electron chi connectivity index (χ0n) is 13.7. The van der Waals surface area contributed by atoms with Crippen molar-refractivity contribution in [3.8, 4) is 5.75 Å². The molecule has 1 amide bonds. The quantitative estimate of drug-likeness (QED) is 0.768. The summed E-state index contributed by atoms with van der Waals surface area (Å²) in [5.74, 6) is -0.104. The van der Waals surface area contributed by atoms with Crippen LogP contribution in [0.1, 0.15) is 31.0 Å². The van der Waals surface area contributed by atoms with Gasteiger partial charge in [0, 0.05) is 23.1 Å². The lowest BCUT2D eigenvalue weighted by Gasteiger charge is -2.22. The number of phenolic OH excluding ortho intramolecular Hbond substituents is 1. The number of fused-ring (bicyclic) bond motifs is 1. The summed E-state index contributed by atoms with van der Waals surface area (Å²) in [5, 5.41) is 14.6. The van der Waals surface area contributed by atoms with E-state index in [1.165, 1.54) is 0 Å². The van der Waals surface area contributed by atoms with E-state index in [2.05, 4.69) is 10.3 Å². The first-order chi connectivity index (χ1) is 11.6. The van der Waals surface area contributed by atoms with Crippen LogP contribution >= 0.6 is 0 Å². The largest absolute Gasteiger partial charge is 0.505 e. The van der Waals surface area contributed by atoms with Gasteiger partial charge in [-0.2, -0.15) is 0 Å². The van der Waals surface area contributed by atoms with Crippen LogP contribution < -0.4 is 5.32 Å². The smallest absolute Gasteiger partial charge is 0.223 e. The van der Waals surface area contributed by atoms with E-state index in [1.54, 1.807) is 6.20 Å². The van der Waals surface area contributed by atoms with Gasteiger partial charge in [-0.25, -0.2) is 0 Å². The van der Waals surface area contributed by atoms with E-state index < -0.39 is 6.04 Å². The number of rotatable bonds is 4. The average molecular weight is 320 g/mol. The second-order valence-corrected chi connectivity index (χ2v) is 6.09. The molecule has 0 bridgehead atoms. The van der Waals surface area contributed by atoms with Crippen LogP contribution in [-0.4, -0.2) is 16.0 Å². The summed E-state index contributed by atoms with van der Waals surface area (Å²) >= 11 is 0. The first-order valence-electron chi connectivity index (χ1n) is 8.00. The third-order valence-electron chi connectivity index (χ3n) is 4.03. The van der Waals surface area contributed by atoms with E-state index in [1.807, 2.05) is 68.4 Å². The lowest BCUT2D eigenvalue weighted by Crippen LogP contribution is -2.32. The maximum Gasteiger partial charge on any atom is 0.223 e. The minimum absolute atomic E-state index is 0.0654. The van der Waals surface area contributed by atoms with Gasteiger partial charge in [0.1, 0.15) is 11.3 Å². The molecule has 1 heterocycles. The normalized spacial score (nSPS) is 12.3. The number of nitrogens with zero attached hydrogens (tertiary/aromatic N) is 1. The van der Waals surface area contributed by atoms with Crippen molar-refractivity contribution in [3.05, 3.63) is 71.9 Å².